The summed E-state index contributed by atoms with van der Waals surface area (Å²) in [5, 5.41) is 6.96. The van der Waals surface area contributed by atoms with Crippen LogP contribution in [0.2, 0.25) is 0 Å². The Kier molecular flexibility index (Phi) is 12.8. The van der Waals surface area contributed by atoms with Crippen LogP contribution in [0.3, 0.4) is 0 Å². The molecule has 2 fully saturated rings. The molecule has 0 aromatic heterocycles. The van der Waals surface area contributed by atoms with Gasteiger partial charge >= 0.3 is 0 Å². The van der Waals surface area contributed by atoms with E-state index in [9.17, 15) is 0 Å². The Morgan fingerprint density at radius 2 is 1.85 bits per heavy atom. The van der Waals surface area contributed by atoms with Crippen molar-refractivity contribution in [2.45, 2.75) is 57.4 Å². The number of nitrogens with zero attached hydrogens (tertiary/aromatic N) is 2. The Labute approximate surface area is 176 Å². The first-order valence-corrected chi connectivity index (χ1v) is 10.2. The summed E-state index contributed by atoms with van der Waals surface area (Å²) in [5.74, 6) is 0.886. The third kappa shape index (κ3) is 7.86. The minimum atomic E-state index is 0. The molecule has 0 radical (unpaired) electrons. The molecule has 1 aliphatic heterocycles. The van der Waals surface area contributed by atoms with Crippen LogP contribution in [0.1, 0.15) is 51.9 Å². The van der Waals surface area contributed by atoms with Gasteiger partial charge in [-0.1, -0.05) is 32.6 Å². The van der Waals surface area contributed by atoms with Crippen molar-refractivity contribution in [3.05, 3.63) is 0 Å². The van der Waals surface area contributed by atoms with E-state index in [2.05, 4.69) is 27.4 Å². The normalized spacial score (nSPS) is 21.1. The molecular formula is C19H39IN4O2. The van der Waals surface area contributed by atoms with Gasteiger partial charge in [0.05, 0.1) is 19.8 Å². The van der Waals surface area contributed by atoms with Crippen LogP contribution in [0.4, 0.5) is 0 Å². The van der Waals surface area contributed by atoms with E-state index < -0.39 is 0 Å². The first-order valence-electron chi connectivity index (χ1n) is 10.2. The molecule has 0 unspecified atom stereocenters. The SMILES string of the molecule is CCCCOCCNC(=NC)NCC1(N2CCOCC2)CCCCC1.I. The molecule has 0 aromatic rings. The molecule has 2 rings (SSSR count). The van der Waals surface area contributed by atoms with Gasteiger partial charge in [-0.05, 0) is 19.3 Å². The van der Waals surface area contributed by atoms with Crippen molar-refractivity contribution in [3.8, 4) is 0 Å². The summed E-state index contributed by atoms with van der Waals surface area (Å²) < 4.78 is 11.2. The van der Waals surface area contributed by atoms with Crippen LogP contribution in [-0.4, -0.2) is 76.1 Å². The van der Waals surface area contributed by atoms with E-state index in [-0.39, 0.29) is 29.5 Å². The number of morpholine rings is 1. The van der Waals surface area contributed by atoms with E-state index in [1.807, 2.05) is 7.05 Å². The number of aliphatic imine (C=N–C) groups is 1. The van der Waals surface area contributed by atoms with Gasteiger partial charge in [0.25, 0.3) is 0 Å². The second-order valence-electron chi connectivity index (χ2n) is 7.20. The number of guanidine groups is 1. The molecule has 2 aliphatic rings. The summed E-state index contributed by atoms with van der Waals surface area (Å²) in [5.41, 5.74) is 0.261. The number of ether oxygens (including phenoxy) is 2. The van der Waals surface area contributed by atoms with Crippen molar-refractivity contribution in [3.63, 3.8) is 0 Å². The molecule has 0 amide bonds. The third-order valence-corrected chi connectivity index (χ3v) is 5.46. The zero-order valence-electron chi connectivity index (χ0n) is 16.7. The zero-order chi connectivity index (χ0) is 17.8. The highest BCUT2D eigenvalue weighted by Crippen LogP contribution is 2.33. The standard InChI is InChI=1S/C19H38N4O2.HI/c1-3-4-13-24-14-10-21-18(20-2)22-17-19(8-6-5-7-9-19)23-11-15-25-16-12-23;/h3-17H2,1-2H3,(H2,20,21,22);1H. The fourth-order valence-electron chi connectivity index (χ4n) is 3.91. The van der Waals surface area contributed by atoms with Crippen LogP contribution in [0.5, 0.6) is 0 Å². The summed E-state index contributed by atoms with van der Waals surface area (Å²) >= 11 is 0. The van der Waals surface area contributed by atoms with Crippen molar-refractivity contribution < 1.29 is 9.47 Å². The number of halogens is 1. The molecule has 26 heavy (non-hydrogen) atoms. The predicted octanol–water partition coefficient (Wildman–Crippen LogP) is 2.62. The summed E-state index contributed by atoms with van der Waals surface area (Å²) in [4.78, 5) is 7.03. The van der Waals surface area contributed by atoms with E-state index in [1.54, 1.807) is 0 Å². The Hall–Kier alpha value is -0.120. The lowest BCUT2D eigenvalue weighted by Crippen LogP contribution is -2.60. The molecule has 154 valence electrons. The highest BCUT2D eigenvalue weighted by atomic mass is 127. The molecule has 0 spiro atoms. The average molecular weight is 482 g/mol. The zero-order valence-corrected chi connectivity index (χ0v) is 19.1. The second kappa shape index (κ2) is 14.0. The maximum Gasteiger partial charge on any atom is 0.191 e. The van der Waals surface area contributed by atoms with E-state index in [1.165, 1.54) is 38.5 Å². The molecule has 6 nitrogen and oxygen atoms in total. The topological polar surface area (TPSA) is 58.1 Å². The second-order valence-corrected chi connectivity index (χ2v) is 7.20. The Bertz CT molecular complexity index is 384. The molecule has 1 aliphatic carbocycles. The molecule has 1 saturated carbocycles. The van der Waals surface area contributed by atoms with Crippen LogP contribution in [-0.2, 0) is 9.47 Å². The number of hydrogen-bond acceptors (Lipinski definition) is 4. The number of hydrogen-bond donors (Lipinski definition) is 2. The third-order valence-electron chi connectivity index (χ3n) is 5.46. The van der Waals surface area contributed by atoms with Gasteiger partial charge < -0.3 is 20.1 Å². The number of nitrogens with one attached hydrogen (secondary N) is 2. The van der Waals surface area contributed by atoms with Gasteiger partial charge in [-0.2, -0.15) is 0 Å². The lowest BCUT2D eigenvalue weighted by Gasteiger charge is -2.48. The first kappa shape index (κ1) is 23.9. The summed E-state index contributed by atoms with van der Waals surface area (Å²) in [7, 11) is 1.84. The van der Waals surface area contributed by atoms with Crippen LogP contribution < -0.4 is 10.6 Å². The van der Waals surface area contributed by atoms with Crippen LogP contribution in [0.25, 0.3) is 0 Å². The predicted molar refractivity (Wildman–Crippen MR) is 119 cm³/mol. The fourth-order valence-corrected chi connectivity index (χ4v) is 3.91. The van der Waals surface area contributed by atoms with Crippen LogP contribution >= 0.6 is 24.0 Å². The Morgan fingerprint density at radius 1 is 1.12 bits per heavy atom. The lowest BCUT2D eigenvalue weighted by atomic mass is 9.80. The molecule has 0 atom stereocenters. The molecule has 0 bridgehead atoms. The van der Waals surface area contributed by atoms with Gasteiger partial charge in [0.1, 0.15) is 0 Å². The van der Waals surface area contributed by atoms with Crippen molar-refractivity contribution in [1.82, 2.24) is 15.5 Å². The van der Waals surface area contributed by atoms with E-state index in [0.29, 0.717) is 0 Å². The van der Waals surface area contributed by atoms with Gasteiger partial charge in [0.2, 0.25) is 0 Å². The minimum Gasteiger partial charge on any atom is -0.380 e. The largest absolute Gasteiger partial charge is 0.380 e. The van der Waals surface area contributed by atoms with Crippen molar-refractivity contribution in [1.29, 1.82) is 0 Å². The van der Waals surface area contributed by atoms with Gasteiger partial charge in [-0.3, -0.25) is 9.89 Å². The minimum absolute atomic E-state index is 0. The monoisotopic (exact) mass is 482 g/mol. The molecule has 2 N–H and O–H groups in total. The number of rotatable bonds is 9. The van der Waals surface area contributed by atoms with E-state index in [0.717, 1.165) is 65.0 Å². The molecule has 7 heteroatoms. The van der Waals surface area contributed by atoms with Gasteiger partial charge in [-0.15, -0.1) is 24.0 Å². The summed E-state index contributed by atoms with van der Waals surface area (Å²) in [6.45, 7) is 9.37. The lowest BCUT2D eigenvalue weighted by molar-refractivity contribution is -0.0352. The van der Waals surface area contributed by atoms with Crippen molar-refractivity contribution >= 4 is 29.9 Å². The summed E-state index contributed by atoms with van der Waals surface area (Å²) in [6, 6.07) is 0. The number of unbranched alkanes of at least 4 members (excludes halogenated alkanes) is 1. The van der Waals surface area contributed by atoms with Crippen LogP contribution in [0, 0.1) is 0 Å². The fraction of sp³-hybridized carbons (Fsp3) is 0.947. The van der Waals surface area contributed by atoms with Gasteiger partial charge in [0, 0.05) is 45.4 Å². The highest BCUT2D eigenvalue weighted by molar-refractivity contribution is 14.0. The Morgan fingerprint density at radius 3 is 2.50 bits per heavy atom. The molecule has 1 heterocycles. The highest BCUT2D eigenvalue weighted by Gasteiger charge is 2.38. The maximum absolute atomic E-state index is 5.61. The van der Waals surface area contributed by atoms with Crippen molar-refractivity contribution in [2.24, 2.45) is 4.99 Å². The average Bonchev–Trinajstić information content (AvgIpc) is 2.68. The quantitative estimate of drug-likeness (QED) is 0.229. The molecule has 0 aromatic carbocycles. The maximum atomic E-state index is 5.61. The van der Waals surface area contributed by atoms with Crippen molar-refractivity contribution in [2.75, 3.05) is 59.7 Å². The molecule has 1 saturated heterocycles. The summed E-state index contributed by atoms with van der Waals surface area (Å²) in [6.07, 6.45) is 8.89. The first-order chi connectivity index (χ1) is 12.3. The van der Waals surface area contributed by atoms with E-state index >= 15 is 0 Å². The Balaban J connectivity index is 0.00000338. The smallest absolute Gasteiger partial charge is 0.191 e. The van der Waals surface area contributed by atoms with Crippen LogP contribution in [0.15, 0.2) is 4.99 Å². The van der Waals surface area contributed by atoms with E-state index in [4.69, 9.17) is 9.47 Å². The molecular weight excluding hydrogens is 443 g/mol. The van der Waals surface area contributed by atoms with Gasteiger partial charge in [-0.25, -0.2) is 0 Å². The van der Waals surface area contributed by atoms with Gasteiger partial charge in [0.15, 0.2) is 5.96 Å².